The van der Waals surface area contributed by atoms with Gasteiger partial charge in [0.2, 0.25) is 0 Å². The number of ether oxygens (including phenoxy) is 1. The molecule has 0 unspecified atom stereocenters. The second kappa shape index (κ2) is 6.35. The number of nitrogens with one attached hydrogen (secondary N) is 1. The first-order valence-corrected chi connectivity index (χ1v) is 7.21. The van der Waals surface area contributed by atoms with Crippen molar-refractivity contribution in [2.75, 3.05) is 19.8 Å². The van der Waals surface area contributed by atoms with E-state index in [1.807, 2.05) is 18.2 Å². The average molecular weight is 335 g/mol. The molecular weight excluding hydrogens is 318 g/mol. The van der Waals surface area contributed by atoms with E-state index in [0.717, 1.165) is 10.0 Å². The maximum Gasteiger partial charge on any atom is 0.0815 e. The lowest BCUT2D eigenvalue weighted by Crippen LogP contribution is -2.44. The number of hydrogen-bond acceptors (Lipinski definition) is 3. The zero-order valence-electron chi connectivity index (χ0n) is 10.1. The summed E-state index contributed by atoms with van der Waals surface area (Å²) in [5, 5.41) is 14.3. The van der Waals surface area contributed by atoms with Crippen molar-refractivity contribution in [2.45, 2.75) is 25.0 Å². The summed E-state index contributed by atoms with van der Waals surface area (Å²) in [6.45, 7) is 2.58. The van der Waals surface area contributed by atoms with Crippen molar-refractivity contribution in [3.8, 4) is 0 Å². The summed E-state index contributed by atoms with van der Waals surface area (Å²) in [7, 11) is 0. The monoisotopic (exact) mass is 333 g/mol. The second-order valence-corrected chi connectivity index (χ2v) is 5.97. The summed E-state index contributed by atoms with van der Waals surface area (Å²) in [6.07, 6.45) is 1.39. The van der Waals surface area contributed by atoms with Crippen molar-refractivity contribution in [2.24, 2.45) is 0 Å². The molecule has 1 aromatic rings. The first kappa shape index (κ1) is 14.3. The van der Waals surface area contributed by atoms with Crippen LogP contribution < -0.4 is 5.32 Å². The lowest BCUT2D eigenvalue weighted by atomic mass is 9.94. The van der Waals surface area contributed by atoms with Gasteiger partial charge in [0.05, 0.1) is 5.60 Å². The molecule has 0 atom stereocenters. The highest BCUT2D eigenvalue weighted by atomic mass is 79.9. The Labute approximate surface area is 121 Å². The zero-order valence-corrected chi connectivity index (χ0v) is 12.4. The van der Waals surface area contributed by atoms with Gasteiger partial charge in [0.25, 0.3) is 0 Å². The minimum Gasteiger partial charge on any atom is -0.388 e. The summed E-state index contributed by atoms with van der Waals surface area (Å²) in [5.41, 5.74) is 0.506. The zero-order chi connectivity index (χ0) is 13.0. The summed E-state index contributed by atoms with van der Waals surface area (Å²) in [5.74, 6) is 0. The molecule has 0 spiro atoms. The number of hydrogen-bond donors (Lipinski definition) is 2. The standard InChI is InChI=1S/C13H17BrClNO2/c14-12-7-11(15)2-1-10(12)8-16-9-13(17)3-5-18-6-4-13/h1-2,7,16-17H,3-6,8-9H2. The van der Waals surface area contributed by atoms with Crippen LogP contribution in [0, 0.1) is 0 Å². The summed E-state index contributed by atoms with van der Waals surface area (Å²) >= 11 is 9.37. The Kier molecular flexibility index (Phi) is 5.04. The normalized spacial score (nSPS) is 18.8. The molecule has 0 aliphatic carbocycles. The molecule has 0 saturated carbocycles. The SMILES string of the molecule is OC1(CNCc2ccc(Cl)cc2Br)CCOCC1. The Morgan fingerprint density at radius 2 is 2.11 bits per heavy atom. The number of aliphatic hydroxyl groups is 1. The van der Waals surface area contributed by atoms with Crippen LogP contribution in [0.25, 0.3) is 0 Å². The van der Waals surface area contributed by atoms with Gasteiger partial charge in [-0.3, -0.25) is 0 Å². The molecule has 2 N–H and O–H groups in total. The van der Waals surface area contributed by atoms with Crippen LogP contribution in [-0.2, 0) is 11.3 Å². The Morgan fingerprint density at radius 1 is 1.39 bits per heavy atom. The highest BCUT2D eigenvalue weighted by molar-refractivity contribution is 9.10. The maximum absolute atomic E-state index is 10.3. The predicted octanol–water partition coefficient (Wildman–Crippen LogP) is 2.73. The molecule has 0 bridgehead atoms. The van der Waals surface area contributed by atoms with E-state index in [1.165, 1.54) is 0 Å². The minimum atomic E-state index is -0.628. The summed E-state index contributed by atoms with van der Waals surface area (Å²) in [4.78, 5) is 0. The van der Waals surface area contributed by atoms with Gasteiger partial charge < -0.3 is 15.2 Å². The third kappa shape index (κ3) is 3.93. The van der Waals surface area contributed by atoms with E-state index in [2.05, 4.69) is 21.2 Å². The predicted molar refractivity (Wildman–Crippen MR) is 75.9 cm³/mol. The second-order valence-electron chi connectivity index (χ2n) is 4.68. The van der Waals surface area contributed by atoms with E-state index in [-0.39, 0.29) is 0 Å². The fourth-order valence-electron chi connectivity index (χ4n) is 2.02. The van der Waals surface area contributed by atoms with E-state index in [0.29, 0.717) is 44.2 Å². The van der Waals surface area contributed by atoms with E-state index >= 15 is 0 Å². The van der Waals surface area contributed by atoms with E-state index in [1.54, 1.807) is 0 Å². The maximum atomic E-state index is 10.3. The topological polar surface area (TPSA) is 41.5 Å². The first-order chi connectivity index (χ1) is 8.59. The average Bonchev–Trinajstić information content (AvgIpc) is 2.33. The Bertz CT molecular complexity index is 408. The quantitative estimate of drug-likeness (QED) is 0.889. The molecule has 0 radical (unpaired) electrons. The van der Waals surface area contributed by atoms with Crippen LogP contribution in [0.3, 0.4) is 0 Å². The lowest BCUT2D eigenvalue weighted by Gasteiger charge is -2.32. The Morgan fingerprint density at radius 3 is 2.78 bits per heavy atom. The first-order valence-electron chi connectivity index (χ1n) is 6.04. The third-order valence-electron chi connectivity index (χ3n) is 3.21. The van der Waals surface area contributed by atoms with Gasteiger partial charge >= 0.3 is 0 Å². The van der Waals surface area contributed by atoms with E-state index in [4.69, 9.17) is 16.3 Å². The molecular formula is C13H17BrClNO2. The molecule has 1 fully saturated rings. The summed E-state index contributed by atoms with van der Waals surface area (Å²) < 4.78 is 6.24. The Balaban J connectivity index is 1.84. The van der Waals surface area contributed by atoms with Crippen LogP contribution in [0.5, 0.6) is 0 Å². The number of benzene rings is 1. The van der Waals surface area contributed by atoms with Crippen molar-refractivity contribution in [1.29, 1.82) is 0 Å². The van der Waals surface area contributed by atoms with Gasteiger partial charge in [0.15, 0.2) is 0 Å². The van der Waals surface area contributed by atoms with Crippen molar-refractivity contribution >= 4 is 27.5 Å². The molecule has 1 heterocycles. The van der Waals surface area contributed by atoms with Gasteiger partial charge in [-0.25, -0.2) is 0 Å². The van der Waals surface area contributed by atoms with Gasteiger partial charge in [-0.1, -0.05) is 33.6 Å². The van der Waals surface area contributed by atoms with Crippen LogP contribution in [0.1, 0.15) is 18.4 Å². The van der Waals surface area contributed by atoms with Gasteiger partial charge in [-0.05, 0) is 17.7 Å². The van der Waals surface area contributed by atoms with Gasteiger partial charge in [-0.2, -0.15) is 0 Å². The highest BCUT2D eigenvalue weighted by Gasteiger charge is 2.29. The van der Waals surface area contributed by atoms with Crippen molar-refractivity contribution < 1.29 is 9.84 Å². The fraction of sp³-hybridized carbons (Fsp3) is 0.538. The molecule has 100 valence electrons. The molecule has 1 aromatic carbocycles. The number of halogens is 2. The van der Waals surface area contributed by atoms with Crippen molar-refractivity contribution in [3.63, 3.8) is 0 Å². The van der Waals surface area contributed by atoms with Crippen LogP contribution in [0.4, 0.5) is 0 Å². The molecule has 0 aromatic heterocycles. The van der Waals surface area contributed by atoms with Crippen LogP contribution in [0.15, 0.2) is 22.7 Å². The number of rotatable bonds is 4. The molecule has 1 aliphatic rings. The van der Waals surface area contributed by atoms with E-state index in [9.17, 15) is 5.11 Å². The van der Waals surface area contributed by atoms with Crippen LogP contribution in [0.2, 0.25) is 5.02 Å². The lowest BCUT2D eigenvalue weighted by molar-refractivity contribution is -0.0617. The van der Waals surface area contributed by atoms with Crippen molar-refractivity contribution in [1.82, 2.24) is 5.32 Å². The van der Waals surface area contributed by atoms with E-state index < -0.39 is 5.60 Å². The molecule has 3 nitrogen and oxygen atoms in total. The minimum absolute atomic E-state index is 0.589. The largest absolute Gasteiger partial charge is 0.388 e. The molecule has 18 heavy (non-hydrogen) atoms. The summed E-state index contributed by atoms with van der Waals surface area (Å²) in [6, 6.07) is 5.72. The van der Waals surface area contributed by atoms with Gasteiger partial charge in [0, 0.05) is 48.6 Å². The Hall–Kier alpha value is -0.130. The van der Waals surface area contributed by atoms with Crippen LogP contribution in [-0.4, -0.2) is 30.5 Å². The van der Waals surface area contributed by atoms with Crippen molar-refractivity contribution in [3.05, 3.63) is 33.3 Å². The fourth-order valence-corrected chi connectivity index (χ4v) is 2.85. The van der Waals surface area contributed by atoms with Gasteiger partial charge in [0.1, 0.15) is 0 Å². The smallest absolute Gasteiger partial charge is 0.0815 e. The third-order valence-corrected chi connectivity index (χ3v) is 4.18. The molecule has 5 heteroatoms. The molecule has 0 amide bonds. The highest BCUT2D eigenvalue weighted by Crippen LogP contribution is 2.22. The molecule has 2 rings (SSSR count). The van der Waals surface area contributed by atoms with Crippen LogP contribution >= 0.6 is 27.5 Å². The molecule has 1 saturated heterocycles. The molecule has 1 aliphatic heterocycles. The van der Waals surface area contributed by atoms with Gasteiger partial charge in [-0.15, -0.1) is 0 Å².